The lowest BCUT2D eigenvalue weighted by atomic mass is 10.0. The predicted molar refractivity (Wildman–Crippen MR) is 144 cm³/mol. The second-order valence-electron chi connectivity index (χ2n) is 9.93. The zero-order valence-corrected chi connectivity index (χ0v) is 22.3. The maximum Gasteiger partial charge on any atom is 0.252 e. The largest absolute Gasteiger partial charge is 0.348 e. The van der Waals surface area contributed by atoms with Crippen molar-refractivity contribution in [3.05, 3.63) is 52.5 Å². The third-order valence-electron chi connectivity index (χ3n) is 6.38. The number of hydrogen-bond donors (Lipinski definition) is 3. The molecule has 0 saturated carbocycles. The van der Waals surface area contributed by atoms with E-state index >= 15 is 0 Å². The molecular formula is C27H39N7O2. The summed E-state index contributed by atoms with van der Waals surface area (Å²) in [6.07, 6.45) is 7.30. The zero-order valence-electron chi connectivity index (χ0n) is 22.3. The van der Waals surface area contributed by atoms with Gasteiger partial charge < -0.3 is 16.4 Å². The second kappa shape index (κ2) is 12.1. The number of carbonyl (C=O) groups is 2. The average Bonchev–Trinajstić information content (AvgIpc) is 3.26. The number of nitrogens with one attached hydrogen (secondary N) is 2. The van der Waals surface area contributed by atoms with Crippen LogP contribution in [0.15, 0.2) is 41.3 Å². The number of hydrogen-bond acceptors (Lipinski definition) is 6. The molecule has 0 spiro atoms. The highest BCUT2D eigenvalue weighted by Gasteiger charge is 2.21. The first kappa shape index (κ1) is 27.3. The summed E-state index contributed by atoms with van der Waals surface area (Å²) in [5.74, 6) is -0.166. The van der Waals surface area contributed by atoms with Crippen molar-refractivity contribution in [2.45, 2.75) is 60.0 Å². The summed E-state index contributed by atoms with van der Waals surface area (Å²) in [6, 6.07) is 2.14. The minimum Gasteiger partial charge on any atom is -0.348 e. The Morgan fingerprint density at radius 3 is 2.61 bits per heavy atom. The number of allylic oxidation sites excluding steroid dienone is 3. The summed E-state index contributed by atoms with van der Waals surface area (Å²) in [6.45, 7) is 14.8. The molecule has 2 amide bonds. The molecule has 2 aromatic heterocycles. The van der Waals surface area contributed by atoms with Crippen LogP contribution in [0.1, 0.15) is 70.1 Å². The SMILES string of the molecule is C/C(=C/C(C)=C(\C)CNC(=O)c1cc(C2=CCN(CC(C)N)CC2)nc2c1cnn2C(C)C)NC=O. The Morgan fingerprint density at radius 1 is 1.25 bits per heavy atom. The van der Waals surface area contributed by atoms with E-state index in [1.165, 1.54) is 0 Å². The van der Waals surface area contributed by atoms with Crippen molar-refractivity contribution >= 4 is 28.9 Å². The minimum atomic E-state index is -0.166. The summed E-state index contributed by atoms with van der Waals surface area (Å²) >= 11 is 0. The van der Waals surface area contributed by atoms with Crippen molar-refractivity contribution in [2.24, 2.45) is 5.73 Å². The van der Waals surface area contributed by atoms with E-state index in [-0.39, 0.29) is 18.0 Å². The summed E-state index contributed by atoms with van der Waals surface area (Å²) < 4.78 is 1.87. The van der Waals surface area contributed by atoms with Gasteiger partial charge in [0.25, 0.3) is 5.91 Å². The molecule has 1 unspecified atom stereocenters. The Bertz CT molecular complexity index is 1200. The molecule has 0 aliphatic carbocycles. The molecule has 0 aromatic carbocycles. The molecule has 3 heterocycles. The number of nitrogens with zero attached hydrogens (tertiary/aromatic N) is 4. The summed E-state index contributed by atoms with van der Waals surface area (Å²) in [4.78, 5) is 31.3. The highest BCUT2D eigenvalue weighted by atomic mass is 16.1. The van der Waals surface area contributed by atoms with Gasteiger partial charge in [0.15, 0.2) is 5.65 Å². The molecule has 1 aliphatic heterocycles. The van der Waals surface area contributed by atoms with E-state index in [0.29, 0.717) is 24.2 Å². The van der Waals surface area contributed by atoms with E-state index in [1.807, 2.05) is 44.5 Å². The van der Waals surface area contributed by atoms with E-state index in [4.69, 9.17) is 10.7 Å². The molecule has 2 aromatic rings. The van der Waals surface area contributed by atoms with Gasteiger partial charge in [0, 0.05) is 44.0 Å². The number of rotatable bonds is 10. The molecule has 3 rings (SSSR count). The summed E-state index contributed by atoms with van der Waals surface area (Å²) in [5.41, 5.74) is 11.9. The van der Waals surface area contributed by atoms with Crippen LogP contribution in [-0.4, -0.2) is 64.2 Å². The first-order valence-corrected chi connectivity index (χ1v) is 12.5. The van der Waals surface area contributed by atoms with Crippen LogP contribution in [0.25, 0.3) is 16.6 Å². The number of fused-ring (bicyclic) bond motifs is 1. The molecule has 9 nitrogen and oxygen atoms in total. The van der Waals surface area contributed by atoms with Crippen LogP contribution in [0.4, 0.5) is 0 Å². The van der Waals surface area contributed by atoms with E-state index in [9.17, 15) is 9.59 Å². The van der Waals surface area contributed by atoms with Crippen molar-refractivity contribution in [3.8, 4) is 0 Å². The van der Waals surface area contributed by atoms with E-state index in [2.05, 4.69) is 40.6 Å². The maximum atomic E-state index is 13.4. The molecule has 4 N–H and O–H groups in total. The fraction of sp³-hybridized carbons (Fsp3) is 0.481. The highest BCUT2D eigenvalue weighted by Crippen LogP contribution is 2.27. The quantitative estimate of drug-likeness (QED) is 0.346. The van der Waals surface area contributed by atoms with Crippen LogP contribution < -0.4 is 16.4 Å². The smallest absolute Gasteiger partial charge is 0.252 e. The van der Waals surface area contributed by atoms with Crippen molar-refractivity contribution in [1.29, 1.82) is 0 Å². The summed E-state index contributed by atoms with van der Waals surface area (Å²) in [7, 11) is 0. The first-order chi connectivity index (χ1) is 17.1. The molecule has 0 bridgehead atoms. The molecular weight excluding hydrogens is 454 g/mol. The van der Waals surface area contributed by atoms with Gasteiger partial charge in [-0.05, 0) is 71.3 Å². The number of carbonyl (C=O) groups excluding carboxylic acids is 2. The molecule has 36 heavy (non-hydrogen) atoms. The molecule has 0 saturated heterocycles. The van der Waals surface area contributed by atoms with Gasteiger partial charge >= 0.3 is 0 Å². The topological polar surface area (TPSA) is 118 Å². The first-order valence-electron chi connectivity index (χ1n) is 12.5. The molecule has 9 heteroatoms. The monoisotopic (exact) mass is 493 g/mol. The van der Waals surface area contributed by atoms with Gasteiger partial charge in [-0.3, -0.25) is 14.5 Å². The second-order valence-corrected chi connectivity index (χ2v) is 9.93. The van der Waals surface area contributed by atoms with Crippen LogP contribution >= 0.6 is 0 Å². The maximum absolute atomic E-state index is 13.4. The van der Waals surface area contributed by atoms with Gasteiger partial charge in [-0.25, -0.2) is 9.67 Å². The Labute approximate surface area is 213 Å². The lowest BCUT2D eigenvalue weighted by molar-refractivity contribution is -0.108. The Balaban J connectivity index is 1.91. The molecule has 1 atom stereocenters. The number of aromatic nitrogens is 3. The molecule has 0 fully saturated rings. The third-order valence-corrected chi connectivity index (χ3v) is 6.38. The van der Waals surface area contributed by atoms with Crippen molar-refractivity contribution in [1.82, 2.24) is 30.3 Å². The zero-order chi connectivity index (χ0) is 26.4. The Kier molecular flexibility index (Phi) is 9.17. The fourth-order valence-corrected chi connectivity index (χ4v) is 4.30. The normalized spacial score (nSPS) is 16.6. The van der Waals surface area contributed by atoms with Crippen molar-refractivity contribution in [3.63, 3.8) is 0 Å². The van der Waals surface area contributed by atoms with E-state index < -0.39 is 0 Å². The number of nitrogens with two attached hydrogens (primary N) is 1. The Morgan fingerprint density at radius 2 is 2.00 bits per heavy atom. The fourth-order valence-electron chi connectivity index (χ4n) is 4.30. The standard InChI is InChI=1S/C27H39N7O2/c1-17(2)34-26-24(14-31-34)23(27(36)29-13-19(4)18(3)11-21(6)30-16-35)12-25(32-26)22-7-9-33(10-8-22)15-20(5)28/h7,11-12,14,16-17,20H,8-10,13,15,28H2,1-6H3,(H,29,36)(H,30,35)/b19-18+,21-11-. The number of amides is 2. The lowest BCUT2D eigenvalue weighted by Crippen LogP contribution is -2.38. The van der Waals surface area contributed by atoms with Gasteiger partial charge in [0.05, 0.1) is 22.8 Å². The third kappa shape index (κ3) is 6.67. The van der Waals surface area contributed by atoms with Gasteiger partial charge in [0.2, 0.25) is 6.41 Å². The molecule has 1 aliphatic rings. The van der Waals surface area contributed by atoms with Crippen LogP contribution in [0.5, 0.6) is 0 Å². The number of pyridine rings is 1. The van der Waals surface area contributed by atoms with Crippen molar-refractivity contribution < 1.29 is 9.59 Å². The summed E-state index contributed by atoms with van der Waals surface area (Å²) in [5, 5.41) is 10.9. The molecule has 194 valence electrons. The predicted octanol–water partition coefficient (Wildman–Crippen LogP) is 3.16. The molecule has 0 radical (unpaired) electrons. The van der Waals surface area contributed by atoms with Gasteiger partial charge in [0.1, 0.15) is 0 Å². The van der Waals surface area contributed by atoms with Crippen LogP contribution in [0.3, 0.4) is 0 Å². The minimum absolute atomic E-state index is 0.117. The van der Waals surface area contributed by atoms with E-state index in [1.54, 1.807) is 6.20 Å². The Hall–Kier alpha value is -3.30. The lowest BCUT2D eigenvalue weighted by Gasteiger charge is -2.27. The van der Waals surface area contributed by atoms with Gasteiger partial charge in [-0.1, -0.05) is 11.6 Å². The van der Waals surface area contributed by atoms with Gasteiger partial charge in [-0.2, -0.15) is 5.10 Å². The highest BCUT2D eigenvalue weighted by molar-refractivity contribution is 6.06. The van der Waals surface area contributed by atoms with E-state index in [0.717, 1.165) is 59.6 Å². The van der Waals surface area contributed by atoms with Crippen LogP contribution in [-0.2, 0) is 4.79 Å². The van der Waals surface area contributed by atoms with Crippen LogP contribution in [0, 0.1) is 0 Å². The average molecular weight is 494 g/mol. The van der Waals surface area contributed by atoms with Crippen molar-refractivity contribution in [2.75, 3.05) is 26.2 Å². The van der Waals surface area contributed by atoms with Crippen LogP contribution in [0.2, 0.25) is 0 Å². The van der Waals surface area contributed by atoms with Gasteiger partial charge in [-0.15, -0.1) is 0 Å².